The van der Waals surface area contributed by atoms with Gasteiger partial charge in [-0.2, -0.15) is 0 Å². The smallest absolute Gasteiger partial charge is 0.298 e. The number of rotatable bonds is 0. The van der Waals surface area contributed by atoms with Crippen molar-refractivity contribution in [1.29, 1.82) is 0 Å². The SMILES string of the molecule is c1ccc2c(c1)C[C@@H]1OC(n3cnc4ccccc43)=N[C@H]21. The van der Waals surface area contributed by atoms with Crippen LogP contribution in [0.3, 0.4) is 0 Å². The zero-order valence-electron chi connectivity index (χ0n) is 11.3. The number of hydrogen-bond acceptors (Lipinski definition) is 3. The molecule has 2 heterocycles. The van der Waals surface area contributed by atoms with Gasteiger partial charge < -0.3 is 4.74 Å². The summed E-state index contributed by atoms with van der Waals surface area (Å²) in [5.74, 6) is 0. The van der Waals surface area contributed by atoms with E-state index in [2.05, 4.69) is 29.2 Å². The monoisotopic (exact) mass is 275 g/mol. The van der Waals surface area contributed by atoms with Crippen molar-refractivity contribution in [3.05, 3.63) is 66.0 Å². The normalized spacial score (nSPS) is 22.8. The Morgan fingerprint density at radius 3 is 2.90 bits per heavy atom. The molecular weight excluding hydrogens is 262 g/mol. The van der Waals surface area contributed by atoms with Gasteiger partial charge in [0.05, 0.1) is 11.0 Å². The third-order valence-corrected chi connectivity index (χ3v) is 4.31. The first-order valence-electron chi connectivity index (χ1n) is 7.15. The summed E-state index contributed by atoms with van der Waals surface area (Å²) in [6, 6.07) is 17.3. The maximum absolute atomic E-state index is 6.09. The largest absolute Gasteiger partial charge is 0.458 e. The Bertz CT molecular complexity index is 880. The Kier molecular flexibility index (Phi) is 2.08. The molecule has 21 heavy (non-hydrogen) atoms. The number of ether oxygens (including phenoxy) is 1. The minimum absolute atomic E-state index is 0.123. The van der Waals surface area contributed by atoms with E-state index in [1.807, 2.05) is 28.8 Å². The van der Waals surface area contributed by atoms with Gasteiger partial charge in [-0.1, -0.05) is 36.4 Å². The highest BCUT2D eigenvalue weighted by Crippen LogP contribution is 2.40. The molecule has 0 unspecified atom stereocenters. The van der Waals surface area contributed by atoms with Crippen LogP contribution in [0.5, 0.6) is 0 Å². The third-order valence-electron chi connectivity index (χ3n) is 4.31. The average molecular weight is 275 g/mol. The summed E-state index contributed by atoms with van der Waals surface area (Å²) in [4.78, 5) is 9.20. The van der Waals surface area contributed by atoms with Gasteiger partial charge in [-0.15, -0.1) is 0 Å². The summed E-state index contributed by atoms with van der Waals surface area (Å²) < 4.78 is 8.03. The second kappa shape index (κ2) is 3.95. The molecular formula is C17H13N3O. The highest BCUT2D eigenvalue weighted by Gasteiger charge is 2.39. The van der Waals surface area contributed by atoms with Crippen LogP contribution in [0.1, 0.15) is 17.2 Å². The summed E-state index contributed by atoms with van der Waals surface area (Å²) in [6.07, 6.45) is 2.84. The van der Waals surface area contributed by atoms with Crippen molar-refractivity contribution in [3.63, 3.8) is 0 Å². The van der Waals surface area contributed by atoms with E-state index >= 15 is 0 Å². The maximum Gasteiger partial charge on any atom is 0.298 e. The third kappa shape index (κ3) is 1.50. The van der Waals surface area contributed by atoms with Gasteiger partial charge in [-0.05, 0) is 23.3 Å². The average Bonchev–Trinajstić information content (AvgIpc) is 3.18. The molecule has 0 N–H and O–H groups in total. The summed E-state index contributed by atoms with van der Waals surface area (Å²) in [5.41, 5.74) is 4.64. The van der Waals surface area contributed by atoms with Gasteiger partial charge >= 0.3 is 0 Å². The first-order chi connectivity index (χ1) is 10.4. The van der Waals surface area contributed by atoms with Gasteiger partial charge in [0.15, 0.2) is 0 Å². The van der Waals surface area contributed by atoms with Crippen LogP contribution in [-0.2, 0) is 11.2 Å². The van der Waals surface area contributed by atoms with E-state index in [9.17, 15) is 0 Å². The molecule has 2 atom stereocenters. The van der Waals surface area contributed by atoms with Crippen LogP contribution in [0.25, 0.3) is 11.0 Å². The van der Waals surface area contributed by atoms with Gasteiger partial charge in [-0.25, -0.2) is 9.98 Å². The van der Waals surface area contributed by atoms with Crippen LogP contribution in [0.15, 0.2) is 59.9 Å². The van der Waals surface area contributed by atoms with Crippen molar-refractivity contribution in [3.8, 4) is 0 Å². The van der Waals surface area contributed by atoms with Crippen LogP contribution in [0.2, 0.25) is 0 Å². The molecule has 1 aromatic heterocycles. The zero-order chi connectivity index (χ0) is 13.8. The lowest BCUT2D eigenvalue weighted by Gasteiger charge is -2.09. The minimum atomic E-state index is 0.123. The Labute approximate surface area is 121 Å². The van der Waals surface area contributed by atoms with E-state index in [1.165, 1.54) is 11.1 Å². The van der Waals surface area contributed by atoms with E-state index in [1.54, 1.807) is 6.33 Å². The molecule has 0 radical (unpaired) electrons. The molecule has 4 nitrogen and oxygen atoms in total. The molecule has 0 amide bonds. The van der Waals surface area contributed by atoms with E-state index in [-0.39, 0.29) is 12.1 Å². The molecule has 1 aliphatic carbocycles. The summed E-state index contributed by atoms with van der Waals surface area (Å²) in [5, 5.41) is 0. The lowest BCUT2D eigenvalue weighted by molar-refractivity contribution is 0.199. The number of fused-ring (bicyclic) bond motifs is 4. The number of nitrogens with zero attached hydrogens (tertiary/aromatic N) is 3. The van der Waals surface area contributed by atoms with E-state index < -0.39 is 0 Å². The molecule has 3 aromatic rings. The van der Waals surface area contributed by atoms with Gasteiger partial charge in [0.2, 0.25) is 0 Å². The number of para-hydroxylation sites is 2. The summed E-state index contributed by atoms with van der Waals surface area (Å²) in [6.45, 7) is 0. The molecule has 0 spiro atoms. The molecule has 4 heteroatoms. The van der Waals surface area contributed by atoms with Crippen LogP contribution in [0.4, 0.5) is 0 Å². The highest BCUT2D eigenvalue weighted by molar-refractivity contribution is 5.90. The molecule has 102 valence electrons. The molecule has 1 aliphatic heterocycles. The number of aromatic nitrogens is 2. The first-order valence-corrected chi connectivity index (χ1v) is 7.15. The highest BCUT2D eigenvalue weighted by atomic mass is 16.5. The van der Waals surface area contributed by atoms with Crippen molar-refractivity contribution >= 4 is 17.1 Å². The minimum Gasteiger partial charge on any atom is -0.458 e. The lowest BCUT2D eigenvalue weighted by atomic mass is 10.1. The van der Waals surface area contributed by atoms with Crippen LogP contribution >= 0.6 is 0 Å². The van der Waals surface area contributed by atoms with Crippen molar-refractivity contribution in [2.45, 2.75) is 18.6 Å². The van der Waals surface area contributed by atoms with Crippen LogP contribution in [0, 0.1) is 0 Å². The predicted octanol–water partition coefficient (Wildman–Crippen LogP) is 2.94. The number of benzene rings is 2. The Morgan fingerprint density at radius 1 is 1.05 bits per heavy atom. The fourth-order valence-electron chi connectivity index (χ4n) is 3.31. The first kappa shape index (κ1) is 11.1. The summed E-state index contributed by atoms with van der Waals surface area (Å²) >= 11 is 0. The quantitative estimate of drug-likeness (QED) is 0.633. The van der Waals surface area contributed by atoms with Crippen molar-refractivity contribution in [2.75, 3.05) is 0 Å². The number of hydrogen-bond donors (Lipinski definition) is 0. The molecule has 2 aromatic carbocycles. The number of imidazole rings is 1. The molecule has 0 fully saturated rings. The van der Waals surface area contributed by atoms with E-state index in [0.717, 1.165) is 17.5 Å². The van der Waals surface area contributed by atoms with Crippen LogP contribution in [-0.4, -0.2) is 21.7 Å². The van der Waals surface area contributed by atoms with Gasteiger partial charge in [0.25, 0.3) is 6.02 Å². The molecule has 0 saturated heterocycles. The standard InChI is InChI=1S/C17H13N3O/c1-2-6-12-11(5-1)9-15-16(12)19-17(21-15)20-10-18-13-7-3-4-8-14(13)20/h1-8,10,15-16H,9H2/t15-,16+/m0/s1. The van der Waals surface area contributed by atoms with E-state index in [4.69, 9.17) is 9.73 Å². The predicted molar refractivity (Wildman–Crippen MR) is 80.3 cm³/mol. The zero-order valence-corrected chi connectivity index (χ0v) is 11.3. The van der Waals surface area contributed by atoms with Gasteiger partial charge in [-0.3, -0.25) is 4.57 Å². The van der Waals surface area contributed by atoms with Gasteiger partial charge in [0, 0.05) is 6.42 Å². The van der Waals surface area contributed by atoms with Crippen LogP contribution < -0.4 is 0 Å². The molecule has 2 aliphatic rings. The number of aliphatic imine (C=N–C) groups is 1. The molecule has 0 bridgehead atoms. The second-order valence-corrected chi connectivity index (χ2v) is 5.52. The Hall–Kier alpha value is -2.62. The summed E-state index contributed by atoms with van der Waals surface area (Å²) in [7, 11) is 0. The topological polar surface area (TPSA) is 39.4 Å². The van der Waals surface area contributed by atoms with Crippen molar-refractivity contribution in [1.82, 2.24) is 9.55 Å². The fraction of sp³-hybridized carbons (Fsp3) is 0.176. The second-order valence-electron chi connectivity index (χ2n) is 5.52. The van der Waals surface area contributed by atoms with Crippen molar-refractivity contribution < 1.29 is 4.74 Å². The fourth-order valence-corrected chi connectivity index (χ4v) is 3.31. The Balaban J connectivity index is 1.61. The Morgan fingerprint density at radius 2 is 1.90 bits per heavy atom. The lowest BCUT2D eigenvalue weighted by Crippen LogP contribution is -2.17. The molecule has 5 rings (SSSR count). The van der Waals surface area contributed by atoms with Crippen molar-refractivity contribution in [2.24, 2.45) is 4.99 Å². The van der Waals surface area contributed by atoms with E-state index in [0.29, 0.717) is 6.02 Å². The van der Waals surface area contributed by atoms with Gasteiger partial charge in [0.1, 0.15) is 18.5 Å². The maximum atomic E-state index is 6.09. The molecule has 0 saturated carbocycles.